The molecule has 4 nitrogen and oxygen atoms in total. The summed E-state index contributed by atoms with van der Waals surface area (Å²) in [5, 5.41) is 0. The van der Waals surface area contributed by atoms with E-state index < -0.39 is 0 Å². The summed E-state index contributed by atoms with van der Waals surface area (Å²) in [4.78, 5) is 12.2. The molecular formula is C16H14O4. The van der Waals surface area contributed by atoms with Crippen molar-refractivity contribution >= 4 is 5.78 Å². The molecule has 0 spiro atoms. The first-order valence-electron chi connectivity index (χ1n) is 6.32. The highest BCUT2D eigenvalue weighted by Crippen LogP contribution is 2.41. The largest absolute Gasteiger partial charge is 0.493 e. The van der Waals surface area contributed by atoms with Crippen LogP contribution >= 0.6 is 0 Å². The number of carbonyl (C=O) groups is 1. The van der Waals surface area contributed by atoms with E-state index in [0.717, 1.165) is 5.56 Å². The van der Waals surface area contributed by atoms with Crippen molar-refractivity contribution in [2.75, 3.05) is 13.9 Å². The zero-order valence-corrected chi connectivity index (χ0v) is 11.1. The maximum atomic E-state index is 12.2. The van der Waals surface area contributed by atoms with Crippen molar-refractivity contribution in [1.82, 2.24) is 0 Å². The summed E-state index contributed by atoms with van der Waals surface area (Å²) < 4.78 is 16.0. The Balaban J connectivity index is 1.87. The molecule has 1 heterocycles. The summed E-state index contributed by atoms with van der Waals surface area (Å²) in [6, 6.07) is 12.9. The Morgan fingerprint density at radius 3 is 2.75 bits per heavy atom. The highest BCUT2D eigenvalue weighted by atomic mass is 16.7. The molecule has 0 N–H and O–H groups in total. The van der Waals surface area contributed by atoms with Gasteiger partial charge in [0.25, 0.3) is 0 Å². The molecule has 0 saturated carbocycles. The highest BCUT2D eigenvalue weighted by Gasteiger charge is 2.21. The van der Waals surface area contributed by atoms with E-state index in [2.05, 4.69) is 0 Å². The second kappa shape index (κ2) is 5.25. The standard InChI is InChI=1S/C16H14O4/c1-18-14-8-11(9-15-16(14)20-10-19-15)7-13(17)12-5-3-2-4-6-12/h2-6,8-9H,7,10H2,1H3. The molecule has 2 aromatic rings. The second-order valence-corrected chi connectivity index (χ2v) is 4.50. The smallest absolute Gasteiger partial charge is 0.231 e. The SMILES string of the molecule is COc1cc(CC(=O)c2ccccc2)cc2c1OCO2. The van der Waals surface area contributed by atoms with Gasteiger partial charge in [-0.1, -0.05) is 30.3 Å². The minimum absolute atomic E-state index is 0.0616. The Labute approximate surface area is 116 Å². The first-order chi connectivity index (χ1) is 9.78. The van der Waals surface area contributed by atoms with Gasteiger partial charge in [0.2, 0.25) is 12.5 Å². The Kier molecular flexibility index (Phi) is 3.29. The molecule has 0 aliphatic carbocycles. The lowest BCUT2D eigenvalue weighted by atomic mass is 10.0. The van der Waals surface area contributed by atoms with Gasteiger partial charge in [0, 0.05) is 12.0 Å². The first-order valence-corrected chi connectivity index (χ1v) is 6.32. The minimum atomic E-state index is 0.0616. The molecule has 20 heavy (non-hydrogen) atoms. The molecule has 0 saturated heterocycles. The average molecular weight is 270 g/mol. The van der Waals surface area contributed by atoms with Crippen molar-refractivity contribution in [3.63, 3.8) is 0 Å². The van der Waals surface area contributed by atoms with Crippen LogP contribution in [0.15, 0.2) is 42.5 Å². The van der Waals surface area contributed by atoms with Gasteiger partial charge in [0.15, 0.2) is 17.3 Å². The number of ketones is 1. The zero-order chi connectivity index (χ0) is 13.9. The Morgan fingerprint density at radius 2 is 2.00 bits per heavy atom. The van der Waals surface area contributed by atoms with Crippen LogP contribution in [0.25, 0.3) is 0 Å². The molecule has 0 radical (unpaired) electrons. The van der Waals surface area contributed by atoms with E-state index in [1.807, 2.05) is 42.5 Å². The van der Waals surface area contributed by atoms with Crippen LogP contribution in [0.1, 0.15) is 15.9 Å². The molecule has 0 bridgehead atoms. The van der Waals surface area contributed by atoms with Crippen molar-refractivity contribution < 1.29 is 19.0 Å². The van der Waals surface area contributed by atoms with E-state index in [1.165, 1.54) is 0 Å². The molecule has 0 aromatic heterocycles. The summed E-state index contributed by atoms with van der Waals surface area (Å²) >= 11 is 0. The number of hydrogen-bond acceptors (Lipinski definition) is 4. The minimum Gasteiger partial charge on any atom is -0.493 e. The van der Waals surface area contributed by atoms with Gasteiger partial charge in [-0.25, -0.2) is 0 Å². The molecule has 0 amide bonds. The fourth-order valence-corrected chi connectivity index (χ4v) is 2.20. The molecule has 4 heteroatoms. The van der Waals surface area contributed by atoms with Gasteiger partial charge in [0.1, 0.15) is 0 Å². The van der Waals surface area contributed by atoms with Gasteiger partial charge in [-0.2, -0.15) is 0 Å². The molecule has 1 aliphatic heterocycles. The maximum absolute atomic E-state index is 12.2. The quantitative estimate of drug-likeness (QED) is 0.801. The lowest BCUT2D eigenvalue weighted by Crippen LogP contribution is -2.03. The molecule has 0 unspecified atom stereocenters. The van der Waals surface area contributed by atoms with E-state index in [4.69, 9.17) is 14.2 Å². The van der Waals surface area contributed by atoms with Gasteiger partial charge < -0.3 is 14.2 Å². The molecule has 3 rings (SSSR count). The van der Waals surface area contributed by atoms with Crippen LogP contribution in [-0.2, 0) is 6.42 Å². The number of rotatable bonds is 4. The van der Waals surface area contributed by atoms with Crippen molar-refractivity contribution in [2.24, 2.45) is 0 Å². The Morgan fingerprint density at radius 1 is 1.20 bits per heavy atom. The number of hydrogen-bond donors (Lipinski definition) is 0. The van der Waals surface area contributed by atoms with Crippen LogP contribution in [0.3, 0.4) is 0 Å². The summed E-state index contributed by atoms with van der Waals surface area (Å²) in [6.07, 6.45) is 0.303. The zero-order valence-electron chi connectivity index (χ0n) is 11.1. The fraction of sp³-hybridized carbons (Fsp3) is 0.188. The van der Waals surface area contributed by atoms with Crippen molar-refractivity contribution in [3.05, 3.63) is 53.6 Å². The predicted molar refractivity (Wildman–Crippen MR) is 73.6 cm³/mol. The topological polar surface area (TPSA) is 44.8 Å². The third-order valence-electron chi connectivity index (χ3n) is 3.18. The van der Waals surface area contributed by atoms with Crippen LogP contribution in [0, 0.1) is 0 Å². The lowest BCUT2D eigenvalue weighted by molar-refractivity contribution is 0.0993. The summed E-state index contributed by atoms with van der Waals surface area (Å²) in [6.45, 7) is 0.182. The molecule has 1 aliphatic rings. The maximum Gasteiger partial charge on any atom is 0.231 e. The summed E-state index contributed by atoms with van der Waals surface area (Å²) in [5.74, 6) is 1.88. The van der Waals surface area contributed by atoms with Crippen LogP contribution < -0.4 is 14.2 Å². The van der Waals surface area contributed by atoms with E-state index >= 15 is 0 Å². The normalized spacial score (nSPS) is 12.2. The lowest BCUT2D eigenvalue weighted by Gasteiger charge is -2.08. The number of fused-ring (bicyclic) bond motifs is 1. The third kappa shape index (κ3) is 2.32. The molecular weight excluding hydrogens is 256 g/mol. The van der Waals surface area contributed by atoms with Crippen LogP contribution in [0.5, 0.6) is 17.2 Å². The fourth-order valence-electron chi connectivity index (χ4n) is 2.20. The van der Waals surface area contributed by atoms with Gasteiger partial charge in [-0.3, -0.25) is 4.79 Å². The number of Topliss-reactive ketones (excluding diaryl/α,β-unsaturated/α-hetero) is 1. The van der Waals surface area contributed by atoms with Crippen molar-refractivity contribution in [3.8, 4) is 17.2 Å². The first kappa shape index (κ1) is 12.5. The van der Waals surface area contributed by atoms with Gasteiger partial charge in [-0.15, -0.1) is 0 Å². The van der Waals surface area contributed by atoms with Crippen molar-refractivity contribution in [1.29, 1.82) is 0 Å². The van der Waals surface area contributed by atoms with Crippen LogP contribution in [-0.4, -0.2) is 19.7 Å². The van der Waals surface area contributed by atoms with E-state index in [1.54, 1.807) is 7.11 Å². The molecule has 102 valence electrons. The van der Waals surface area contributed by atoms with Crippen LogP contribution in [0.4, 0.5) is 0 Å². The summed E-state index contributed by atoms with van der Waals surface area (Å²) in [7, 11) is 1.57. The van der Waals surface area contributed by atoms with E-state index in [0.29, 0.717) is 29.2 Å². The van der Waals surface area contributed by atoms with E-state index in [-0.39, 0.29) is 12.6 Å². The highest BCUT2D eigenvalue weighted by molar-refractivity contribution is 5.97. The molecule has 2 aromatic carbocycles. The van der Waals surface area contributed by atoms with Crippen molar-refractivity contribution in [2.45, 2.75) is 6.42 Å². The molecule has 0 atom stereocenters. The average Bonchev–Trinajstić information content (AvgIpc) is 2.95. The number of benzene rings is 2. The Hall–Kier alpha value is -2.49. The van der Waals surface area contributed by atoms with Gasteiger partial charge in [0.05, 0.1) is 7.11 Å². The van der Waals surface area contributed by atoms with Gasteiger partial charge >= 0.3 is 0 Å². The number of ether oxygens (including phenoxy) is 3. The number of carbonyl (C=O) groups excluding carboxylic acids is 1. The predicted octanol–water partition coefficient (Wildman–Crippen LogP) is 2.85. The monoisotopic (exact) mass is 270 g/mol. The Bertz CT molecular complexity index is 634. The van der Waals surface area contributed by atoms with Gasteiger partial charge in [-0.05, 0) is 17.7 Å². The van der Waals surface area contributed by atoms with E-state index in [9.17, 15) is 4.79 Å². The van der Waals surface area contributed by atoms with Crippen LogP contribution in [0.2, 0.25) is 0 Å². The second-order valence-electron chi connectivity index (χ2n) is 4.50. The summed E-state index contributed by atoms with van der Waals surface area (Å²) in [5.41, 5.74) is 1.55. The number of methoxy groups -OCH3 is 1. The molecule has 0 fully saturated rings. The third-order valence-corrected chi connectivity index (χ3v) is 3.18.